The van der Waals surface area contributed by atoms with Crippen LogP contribution in [0, 0.1) is 0 Å². The van der Waals surface area contributed by atoms with Crippen LogP contribution in [0.2, 0.25) is 0 Å². The van der Waals surface area contributed by atoms with Gasteiger partial charge in [-0.05, 0) is 6.92 Å². The van der Waals surface area contributed by atoms with Gasteiger partial charge in [0.05, 0.1) is 11.9 Å². The molecule has 68 valence electrons. The van der Waals surface area contributed by atoms with E-state index >= 15 is 0 Å². The number of aliphatic hydroxyl groups excluding tert-OH is 1. The van der Waals surface area contributed by atoms with Crippen molar-refractivity contribution in [2.24, 2.45) is 0 Å². The highest BCUT2D eigenvalue weighted by molar-refractivity contribution is 7.86. The van der Waals surface area contributed by atoms with Crippen molar-refractivity contribution >= 4 is 10.1 Å². The Bertz CT molecular complexity index is 189. The van der Waals surface area contributed by atoms with Gasteiger partial charge >= 0.3 is 0 Å². The van der Waals surface area contributed by atoms with Gasteiger partial charge < -0.3 is 10.4 Å². The molecule has 0 rings (SSSR count). The molecule has 0 aliphatic heterocycles. The van der Waals surface area contributed by atoms with E-state index in [9.17, 15) is 8.42 Å². The van der Waals surface area contributed by atoms with Crippen LogP contribution < -0.4 is 5.32 Å². The van der Waals surface area contributed by atoms with Crippen LogP contribution in [0.1, 0.15) is 6.92 Å². The lowest BCUT2D eigenvalue weighted by Crippen LogP contribution is -2.32. The summed E-state index contributed by atoms with van der Waals surface area (Å²) >= 11 is 0. The van der Waals surface area contributed by atoms with Crippen molar-refractivity contribution in [3.05, 3.63) is 0 Å². The van der Waals surface area contributed by atoms with Crippen LogP contribution in [-0.4, -0.2) is 43.0 Å². The van der Waals surface area contributed by atoms with Gasteiger partial charge in [0.2, 0.25) is 0 Å². The maximum absolute atomic E-state index is 10.4. The Labute approximate surface area is 66.2 Å². The highest BCUT2D eigenvalue weighted by atomic mass is 32.2. The van der Waals surface area contributed by atoms with E-state index in [1.165, 1.54) is 6.92 Å². The molecule has 11 heavy (non-hydrogen) atoms. The molecule has 1 atom stereocenters. The van der Waals surface area contributed by atoms with E-state index in [1.54, 1.807) is 0 Å². The predicted octanol–water partition coefficient (Wildman–Crippen LogP) is -1.16. The summed E-state index contributed by atoms with van der Waals surface area (Å²) < 4.78 is 29.2. The van der Waals surface area contributed by atoms with Crippen molar-refractivity contribution in [3.63, 3.8) is 0 Å². The molecule has 0 aromatic rings. The van der Waals surface area contributed by atoms with Crippen molar-refractivity contribution in [2.75, 3.05) is 19.7 Å². The fourth-order valence-corrected chi connectivity index (χ4v) is 0.818. The molecule has 0 spiro atoms. The van der Waals surface area contributed by atoms with Crippen LogP contribution >= 0.6 is 0 Å². The first-order valence-corrected chi connectivity index (χ1v) is 4.76. The molecular weight excluding hydrogens is 170 g/mol. The van der Waals surface area contributed by atoms with E-state index in [4.69, 9.17) is 9.66 Å². The van der Waals surface area contributed by atoms with Crippen molar-refractivity contribution in [1.82, 2.24) is 5.32 Å². The molecule has 6 heteroatoms. The smallest absolute Gasteiger partial charge is 0.268 e. The molecule has 0 heterocycles. The minimum atomic E-state index is -3.93. The zero-order valence-corrected chi connectivity index (χ0v) is 7.13. The first-order chi connectivity index (χ1) is 4.98. The van der Waals surface area contributed by atoms with Gasteiger partial charge in [0.25, 0.3) is 10.1 Å². The molecule has 0 aliphatic rings. The molecule has 0 radical (unpaired) electrons. The topological polar surface area (TPSA) is 86.6 Å². The standard InChI is InChI=1S/C5H13NO4S/c1-5(11(8,9)10)4-6-2-3-7/h5-7H,2-4H2,1H3,(H,8,9,10). The van der Waals surface area contributed by atoms with E-state index in [2.05, 4.69) is 5.32 Å². The Morgan fingerprint density at radius 3 is 2.45 bits per heavy atom. The van der Waals surface area contributed by atoms with Crippen LogP contribution in [-0.2, 0) is 10.1 Å². The second-order valence-corrected chi connectivity index (χ2v) is 4.09. The van der Waals surface area contributed by atoms with Crippen molar-refractivity contribution < 1.29 is 18.1 Å². The molecule has 5 nitrogen and oxygen atoms in total. The van der Waals surface area contributed by atoms with Gasteiger partial charge in [0.15, 0.2) is 0 Å². The largest absolute Gasteiger partial charge is 0.395 e. The monoisotopic (exact) mass is 183 g/mol. The minimum absolute atomic E-state index is 0.0435. The lowest BCUT2D eigenvalue weighted by Gasteiger charge is -2.07. The number of nitrogens with one attached hydrogen (secondary N) is 1. The summed E-state index contributed by atoms with van der Waals surface area (Å²) in [4.78, 5) is 0. The van der Waals surface area contributed by atoms with Crippen molar-refractivity contribution in [3.8, 4) is 0 Å². The number of hydrogen-bond acceptors (Lipinski definition) is 4. The van der Waals surface area contributed by atoms with Gasteiger partial charge in [-0.15, -0.1) is 0 Å². The van der Waals surface area contributed by atoms with E-state index < -0.39 is 15.4 Å². The lowest BCUT2D eigenvalue weighted by molar-refractivity contribution is 0.292. The molecule has 0 aromatic heterocycles. The fourth-order valence-electron chi connectivity index (χ4n) is 0.490. The highest BCUT2D eigenvalue weighted by Crippen LogP contribution is 1.93. The number of aliphatic hydroxyl groups is 1. The quantitative estimate of drug-likeness (QED) is 0.370. The summed E-state index contributed by atoms with van der Waals surface area (Å²) in [5.41, 5.74) is 0. The highest BCUT2D eigenvalue weighted by Gasteiger charge is 2.15. The second-order valence-electron chi connectivity index (χ2n) is 2.25. The van der Waals surface area contributed by atoms with E-state index in [0.717, 1.165) is 0 Å². The zero-order chi connectivity index (χ0) is 8.91. The summed E-state index contributed by atoms with van der Waals surface area (Å²) in [6, 6.07) is 0. The van der Waals surface area contributed by atoms with Crippen molar-refractivity contribution in [2.45, 2.75) is 12.2 Å². The Morgan fingerprint density at radius 1 is 1.55 bits per heavy atom. The molecule has 1 unspecified atom stereocenters. The normalized spacial score (nSPS) is 14.8. The van der Waals surface area contributed by atoms with Crippen LogP contribution in [0.4, 0.5) is 0 Å². The summed E-state index contributed by atoms with van der Waals surface area (Å²) in [7, 11) is -3.93. The molecule has 0 saturated heterocycles. The molecule has 0 bridgehead atoms. The van der Waals surface area contributed by atoms with Crippen LogP contribution in [0.25, 0.3) is 0 Å². The minimum Gasteiger partial charge on any atom is -0.395 e. The first-order valence-electron chi connectivity index (χ1n) is 3.26. The lowest BCUT2D eigenvalue weighted by atomic mass is 10.4. The molecule has 0 saturated carbocycles. The summed E-state index contributed by atoms with van der Waals surface area (Å²) in [6.45, 7) is 1.83. The SMILES string of the molecule is CC(CNCCO)S(=O)(=O)O. The maximum atomic E-state index is 10.4. The third-order valence-corrected chi connectivity index (χ3v) is 2.41. The fraction of sp³-hybridized carbons (Fsp3) is 1.00. The van der Waals surface area contributed by atoms with Gasteiger partial charge in [0.1, 0.15) is 0 Å². The average Bonchev–Trinajstić information content (AvgIpc) is 1.86. The summed E-state index contributed by atoms with van der Waals surface area (Å²) in [5.74, 6) is 0. The van der Waals surface area contributed by atoms with Crippen LogP contribution in [0.5, 0.6) is 0 Å². The predicted molar refractivity (Wildman–Crippen MR) is 41.0 cm³/mol. The number of hydrogen-bond donors (Lipinski definition) is 3. The van der Waals surface area contributed by atoms with Gasteiger partial charge in [0, 0.05) is 13.1 Å². The molecular formula is C5H13NO4S. The molecule has 0 aromatic carbocycles. The summed E-state index contributed by atoms with van der Waals surface area (Å²) in [6.07, 6.45) is 0. The van der Waals surface area contributed by atoms with Gasteiger partial charge in [-0.3, -0.25) is 4.55 Å². The Morgan fingerprint density at radius 2 is 2.09 bits per heavy atom. The van der Waals surface area contributed by atoms with Gasteiger partial charge in [-0.1, -0.05) is 0 Å². The Balaban J connectivity index is 3.62. The Kier molecular flexibility index (Phi) is 4.58. The molecule has 0 amide bonds. The zero-order valence-electron chi connectivity index (χ0n) is 6.32. The third kappa shape index (κ3) is 5.14. The molecule has 3 N–H and O–H groups in total. The molecule has 0 fully saturated rings. The Hall–Kier alpha value is -0.170. The van der Waals surface area contributed by atoms with E-state index in [-0.39, 0.29) is 13.2 Å². The number of rotatable bonds is 5. The van der Waals surface area contributed by atoms with Crippen LogP contribution in [0.3, 0.4) is 0 Å². The van der Waals surface area contributed by atoms with E-state index in [1.807, 2.05) is 0 Å². The van der Waals surface area contributed by atoms with E-state index in [0.29, 0.717) is 6.54 Å². The van der Waals surface area contributed by atoms with Crippen molar-refractivity contribution in [1.29, 1.82) is 0 Å². The summed E-state index contributed by atoms with van der Waals surface area (Å²) in [5, 5.41) is 10.1. The molecule has 0 aliphatic carbocycles. The first kappa shape index (κ1) is 10.8. The second kappa shape index (κ2) is 4.66. The third-order valence-electron chi connectivity index (χ3n) is 1.23. The maximum Gasteiger partial charge on any atom is 0.268 e. The van der Waals surface area contributed by atoms with Gasteiger partial charge in [-0.2, -0.15) is 8.42 Å². The average molecular weight is 183 g/mol. The van der Waals surface area contributed by atoms with Gasteiger partial charge in [-0.25, -0.2) is 0 Å². The van der Waals surface area contributed by atoms with Crippen LogP contribution in [0.15, 0.2) is 0 Å².